The van der Waals surface area contributed by atoms with E-state index in [2.05, 4.69) is 5.32 Å². The van der Waals surface area contributed by atoms with Crippen LogP contribution in [0.4, 0.5) is 5.69 Å². The quantitative estimate of drug-likeness (QED) is 0.117. The smallest absolute Gasteiger partial charge is 0.336 e. The maximum absolute atomic E-state index is 13.5. The van der Waals surface area contributed by atoms with Crippen LogP contribution in [0.5, 0.6) is 0 Å². The number of carboxylic acids is 1. The van der Waals surface area contributed by atoms with Gasteiger partial charge in [0.15, 0.2) is 5.71 Å². The van der Waals surface area contributed by atoms with E-state index in [0.717, 1.165) is 25.7 Å². The number of benzene rings is 2. The summed E-state index contributed by atoms with van der Waals surface area (Å²) in [5.74, 6) is -1.20. The van der Waals surface area contributed by atoms with Crippen LogP contribution in [0, 0.1) is 0 Å². The molecule has 0 bridgehead atoms. The van der Waals surface area contributed by atoms with E-state index in [-0.39, 0.29) is 41.2 Å². The van der Waals surface area contributed by atoms with Crippen LogP contribution >= 0.6 is 11.6 Å². The molecule has 2 heterocycles. The molecule has 1 amide bonds. The van der Waals surface area contributed by atoms with Gasteiger partial charge in [0.2, 0.25) is 0 Å². The Balaban J connectivity index is 1.39. The number of alkyl halides is 1. The Bertz CT molecular complexity index is 2200. The SMILES string of the molecule is [2H]C1([2H])N(c2ccc3c(c2)C(C)(C)C2=CC(=[N+]4C([2H])([2H])C([2H])([2H])C4([2H])[2H])C=CC2=C3c2cc(C(=O)NCCOCCOCCCCCCCl)ccc2C(=O)O)C([2H])([2H])C1([2H])[2H]. The van der Waals surface area contributed by atoms with Gasteiger partial charge < -0.3 is 24.8 Å². The van der Waals surface area contributed by atoms with Gasteiger partial charge in [-0.1, -0.05) is 32.8 Å². The maximum atomic E-state index is 13.5. The number of rotatable bonds is 16. The number of carboxylic acid groups (broad SMARTS) is 1. The summed E-state index contributed by atoms with van der Waals surface area (Å²) in [6.45, 7) is -5.87. The number of hydrogen-bond acceptors (Lipinski definition) is 5. The van der Waals surface area contributed by atoms with Gasteiger partial charge in [0, 0.05) is 71.8 Å². The Labute approximate surface area is 312 Å². The highest BCUT2D eigenvalue weighted by atomic mass is 35.5. The second-order valence-corrected chi connectivity index (χ2v) is 12.9. The lowest BCUT2D eigenvalue weighted by molar-refractivity contribution is -0.582. The molecule has 8 nitrogen and oxygen atoms in total. The third kappa shape index (κ3) is 7.72. The van der Waals surface area contributed by atoms with Crippen LogP contribution in [-0.2, 0) is 14.9 Å². The second-order valence-electron chi connectivity index (χ2n) is 12.5. The first kappa shape index (κ1) is 22.9. The molecule has 9 heteroatoms. The van der Waals surface area contributed by atoms with Crippen LogP contribution in [0.25, 0.3) is 5.57 Å². The minimum absolute atomic E-state index is 0.0158. The summed E-state index contributed by atoms with van der Waals surface area (Å²) in [7, 11) is 0. The number of fused-ring (bicyclic) bond motifs is 2. The first-order valence-electron chi connectivity index (χ1n) is 22.5. The molecule has 0 unspecified atom stereocenters. The summed E-state index contributed by atoms with van der Waals surface area (Å²) in [6.07, 6.45) is 2.68. The van der Waals surface area contributed by atoms with E-state index in [4.69, 9.17) is 37.5 Å². The lowest BCUT2D eigenvalue weighted by Gasteiger charge is -2.41. The molecule has 0 saturated carbocycles. The number of anilines is 1. The van der Waals surface area contributed by atoms with Gasteiger partial charge in [-0.05, 0) is 89.0 Å². The van der Waals surface area contributed by atoms with Gasteiger partial charge in [-0.2, -0.15) is 0 Å². The Kier molecular flexibility index (Phi) is 7.42. The summed E-state index contributed by atoms with van der Waals surface area (Å²) in [4.78, 5) is 27.1. The molecule has 2 fully saturated rings. The molecule has 2 aliphatic heterocycles. The third-order valence-corrected chi connectivity index (χ3v) is 9.20. The van der Waals surface area contributed by atoms with E-state index in [1.807, 2.05) is 0 Å². The van der Waals surface area contributed by atoms with Crippen molar-refractivity contribution in [2.75, 3.05) is 69.7 Å². The van der Waals surface area contributed by atoms with Crippen molar-refractivity contribution in [1.82, 2.24) is 5.32 Å². The van der Waals surface area contributed by atoms with E-state index in [9.17, 15) is 14.7 Å². The van der Waals surface area contributed by atoms with Crippen LogP contribution in [0.15, 0.2) is 65.8 Å². The molecule has 0 spiro atoms. The summed E-state index contributed by atoms with van der Waals surface area (Å²) < 4.78 is 112. The molecule has 6 rings (SSSR count). The van der Waals surface area contributed by atoms with E-state index >= 15 is 0 Å². The molecule has 2 saturated heterocycles. The van der Waals surface area contributed by atoms with Crippen LogP contribution < -0.4 is 10.2 Å². The zero-order valence-electron chi connectivity index (χ0n) is 39.6. The monoisotopic (exact) mass is 698 g/mol. The summed E-state index contributed by atoms with van der Waals surface area (Å²) in [6, 6.07) is 8.54. The summed E-state index contributed by atoms with van der Waals surface area (Å²) in [5.41, 5.74) is 0.839. The van der Waals surface area contributed by atoms with Gasteiger partial charge in [0.1, 0.15) is 18.5 Å². The first-order valence-corrected chi connectivity index (χ1v) is 17.0. The Morgan fingerprint density at radius 2 is 1.73 bits per heavy atom. The Morgan fingerprint density at radius 3 is 2.51 bits per heavy atom. The number of aromatic carboxylic acids is 1. The molecule has 0 radical (unpaired) electrons. The number of unbranched alkanes of at least 4 members (excludes halogenated alkanes) is 3. The molecule has 0 atom stereocenters. The molecule has 2 aromatic rings. The van der Waals surface area contributed by atoms with E-state index in [1.165, 1.54) is 42.5 Å². The van der Waals surface area contributed by atoms with Gasteiger partial charge in [-0.25, -0.2) is 9.37 Å². The number of nitrogens with zero attached hydrogens (tertiary/aromatic N) is 2. The standard InChI is InChI=1S/C40H48ClN3O5/c1-40(2)35-26-29(43-17-7-18-43)10-13-32(35)37(33-14-11-30(27-36(33)40)44-19-8-20-44)34-25-28(9-12-31(34)39(46)47)38(45)42-16-22-49-24-23-48-21-6-4-3-5-15-41/h9-14,25-27H,3-8,15-24H2,1-2H3,(H-,42,45,46,47)/p+1/i7D2,8D2,17D2,18D2,19D2,20D2. The summed E-state index contributed by atoms with van der Waals surface area (Å²) in [5, 5.41) is 13.3. The van der Waals surface area contributed by atoms with Gasteiger partial charge in [0.05, 0.1) is 31.8 Å². The Hall–Kier alpha value is -3.72. The lowest BCUT2D eigenvalue weighted by atomic mass is 9.64. The molecular weight excluding hydrogens is 638 g/mol. The number of hydrogen-bond donors (Lipinski definition) is 2. The first-order chi connectivity index (χ1) is 28.3. The fourth-order valence-corrected chi connectivity index (χ4v) is 6.46. The number of nitrogens with one attached hydrogen (secondary N) is 1. The van der Waals surface area contributed by atoms with Crippen molar-refractivity contribution >= 4 is 40.4 Å². The van der Waals surface area contributed by atoms with Crippen molar-refractivity contribution in [2.24, 2.45) is 0 Å². The average molecular weight is 699 g/mol. The zero-order chi connectivity index (χ0) is 45.1. The highest BCUT2D eigenvalue weighted by molar-refractivity contribution is 6.17. The molecule has 0 aromatic heterocycles. The minimum atomic E-state index is -2.88. The van der Waals surface area contributed by atoms with Crippen molar-refractivity contribution in [3.05, 3.63) is 93.6 Å². The van der Waals surface area contributed by atoms with E-state index < -0.39 is 56.0 Å². The fourth-order valence-electron chi connectivity index (χ4n) is 6.27. The zero-order valence-corrected chi connectivity index (χ0v) is 28.4. The van der Waals surface area contributed by atoms with Crippen LogP contribution in [0.2, 0.25) is 0 Å². The average Bonchev–Trinajstić information content (AvgIpc) is 3.17. The number of ether oxygens (including phenoxy) is 2. The molecule has 2 aromatic carbocycles. The molecule has 49 heavy (non-hydrogen) atoms. The molecule has 2 N–H and O–H groups in total. The molecule has 2 aliphatic carbocycles. The number of amides is 1. The van der Waals surface area contributed by atoms with Gasteiger partial charge in [-0.3, -0.25) is 4.79 Å². The number of carbonyl (C=O) groups excluding carboxylic acids is 1. The van der Waals surface area contributed by atoms with Crippen molar-refractivity contribution in [2.45, 2.75) is 57.7 Å². The summed E-state index contributed by atoms with van der Waals surface area (Å²) >= 11 is 5.70. The van der Waals surface area contributed by atoms with E-state index in [1.54, 1.807) is 26.0 Å². The van der Waals surface area contributed by atoms with Gasteiger partial charge in [0.25, 0.3) is 5.91 Å². The molecule has 260 valence electrons. The van der Waals surface area contributed by atoms with Crippen molar-refractivity contribution < 1.29 is 45.2 Å². The largest absolute Gasteiger partial charge is 0.478 e. The van der Waals surface area contributed by atoms with Gasteiger partial charge >= 0.3 is 5.97 Å². The van der Waals surface area contributed by atoms with Crippen LogP contribution in [-0.4, -0.2) is 92.1 Å². The van der Waals surface area contributed by atoms with Gasteiger partial charge in [-0.15, -0.1) is 11.6 Å². The Morgan fingerprint density at radius 1 is 0.959 bits per heavy atom. The lowest BCUT2D eigenvalue weighted by Crippen LogP contribution is -2.38. The topological polar surface area (TPSA) is 91.1 Å². The highest BCUT2D eigenvalue weighted by Gasteiger charge is 2.40. The minimum Gasteiger partial charge on any atom is -0.478 e. The van der Waals surface area contributed by atoms with Crippen LogP contribution in [0.1, 0.15) is 106 Å². The van der Waals surface area contributed by atoms with Crippen molar-refractivity contribution in [1.29, 1.82) is 0 Å². The normalized spacial score (nSPS) is 27.4. The second kappa shape index (κ2) is 15.9. The predicted octanol–water partition coefficient (Wildman–Crippen LogP) is 6.60. The molecular formula is C40H49ClN3O5+. The van der Waals surface area contributed by atoms with E-state index in [0.29, 0.717) is 63.0 Å². The number of carbonyl (C=O) groups is 2. The third-order valence-electron chi connectivity index (χ3n) is 8.94. The van der Waals surface area contributed by atoms with Crippen LogP contribution in [0.3, 0.4) is 0 Å². The fraction of sp³-hybridized carbons (Fsp3) is 0.475. The highest BCUT2D eigenvalue weighted by Crippen LogP contribution is 2.51. The van der Waals surface area contributed by atoms with Crippen molar-refractivity contribution in [3.63, 3.8) is 0 Å². The number of allylic oxidation sites excluding steroid dienone is 5. The maximum Gasteiger partial charge on any atom is 0.336 e. The molecule has 4 aliphatic rings. The predicted molar refractivity (Wildman–Crippen MR) is 196 cm³/mol. The van der Waals surface area contributed by atoms with Crippen molar-refractivity contribution in [3.8, 4) is 0 Å². The number of halogens is 1.